The van der Waals surface area contributed by atoms with Crippen molar-refractivity contribution in [3.8, 4) is 11.5 Å². The monoisotopic (exact) mass is 536 g/mol. The Balaban J connectivity index is 1.32. The van der Waals surface area contributed by atoms with Crippen molar-refractivity contribution in [1.82, 2.24) is 5.32 Å². The van der Waals surface area contributed by atoms with Gasteiger partial charge in [0, 0.05) is 5.56 Å². The van der Waals surface area contributed by atoms with Gasteiger partial charge in [0.2, 0.25) is 0 Å². The molecule has 0 unspecified atom stereocenters. The summed E-state index contributed by atoms with van der Waals surface area (Å²) in [4.78, 5) is 39.6. The quantitative estimate of drug-likeness (QED) is 0.222. The molecule has 200 valence electrons. The van der Waals surface area contributed by atoms with Crippen molar-refractivity contribution in [2.75, 3.05) is 4.90 Å². The van der Waals surface area contributed by atoms with Gasteiger partial charge in [0.15, 0.2) is 0 Å². The molecule has 0 atom stereocenters. The third kappa shape index (κ3) is 6.07. The van der Waals surface area contributed by atoms with Crippen molar-refractivity contribution in [2.45, 2.75) is 20.1 Å². The molecule has 0 aliphatic carbocycles. The standard InChI is InChI=1S/C32H25FN2O5/c1-21-6-8-22(9-7-21)19-39-27-16-14-26(15-17-27)35-31(37)28(30(36)34-32(35)38)18-24-4-2-3-5-29(24)40-20-23-10-12-25(33)13-11-23/h2-18H,19-20H2,1H3,(H,34,36,38)/b28-18+. The van der Waals surface area contributed by atoms with Crippen LogP contribution in [0.4, 0.5) is 14.9 Å². The SMILES string of the molecule is Cc1ccc(COc2ccc(N3C(=O)NC(=O)/C(=C\c4ccccc4OCc4ccc(F)cc4)C3=O)cc2)cc1. The van der Waals surface area contributed by atoms with E-state index in [4.69, 9.17) is 9.47 Å². The molecule has 1 saturated heterocycles. The Hall–Kier alpha value is -5.24. The van der Waals surface area contributed by atoms with E-state index in [0.29, 0.717) is 23.7 Å². The predicted octanol–water partition coefficient (Wildman–Crippen LogP) is 5.96. The van der Waals surface area contributed by atoms with Crippen molar-refractivity contribution in [3.05, 3.63) is 131 Å². The van der Waals surface area contributed by atoms with Crippen molar-refractivity contribution in [3.63, 3.8) is 0 Å². The van der Waals surface area contributed by atoms with E-state index in [9.17, 15) is 18.8 Å². The molecule has 0 bridgehead atoms. The fourth-order valence-electron chi connectivity index (χ4n) is 4.06. The minimum atomic E-state index is -0.846. The lowest BCUT2D eigenvalue weighted by molar-refractivity contribution is -0.122. The molecule has 1 N–H and O–H groups in total. The lowest BCUT2D eigenvalue weighted by atomic mass is 10.1. The van der Waals surface area contributed by atoms with Crippen LogP contribution < -0.4 is 19.7 Å². The van der Waals surface area contributed by atoms with Gasteiger partial charge in [-0.25, -0.2) is 14.1 Å². The van der Waals surface area contributed by atoms with E-state index < -0.39 is 17.8 Å². The maximum atomic E-state index is 13.4. The molecule has 4 aromatic rings. The van der Waals surface area contributed by atoms with Gasteiger partial charge in [-0.15, -0.1) is 0 Å². The predicted molar refractivity (Wildman–Crippen MR) is 148 cm³/mol. The summed E-state index contributed by atoms with van der Waals surface area (Å²) in [6.07, 6.45) is 1.39. The van der Waals surface area contributed by atoms with Crippen molar-refractivity contribution < 1.29 is 28.2 Å². The largest absolute Gasteiger partial charge is 0.489 e. The molecule has 4 amide bonds. The van der Waals surface area contributed by atoms with Gasteiger partial charge in [-0.2, -0.15) is 0 Å². The van der Waals surface area contributed by atoms with Crippen LogP contribution in [0.25, 0.3) is 6.08 Å². The number of halogens is 1. The Kier molecular flexibility index (Phi) is 7.68. The minimum absolute atomic E-state index is 0.156. The first-order chi connectivity index (χ1) is 19.4. The number of barbiturate groups is 1. The molecular formula is C32H25FN2O5. The molecule has 0 spiro atoms. The number of imide groups is 2. The second kappa shape index (κ2) is 11.7. The van der Waals surface area contributed by atoms with E-state index in [1.807, 2.05) is 31.2 Å². The summed E-state index contributed by atoms with van der Waals surface area (Å²) in [6.45, 7) is 2.54. The number of hydrogen-bond donors (Lipinski definition) is 1. The summed E-state index contributed by atoms with van der Waals surface area (Å²) in [5.74, 6) is -0.945. The van der Waals surface area contributed by atoms with E-state index >= 15 is 0 Å². The summed E-state index contributed by atoms with van der Waals surface area (Å²) in [5.41, 5.74) is 3.44. The molecule has 0 aromatic heterocycles. The molecular weight excluding hydrogens is 511 g/mol. The normalized spacial score (nSPS) is 14.3. The zero-order valence-electron chi connectivity index (χ0n) is 21.6. The van der Waals surface area contributed by atoms with Gasteiger partial charge in [0.1, 0.15) is 36.1 Å². The molecule has 1 aliphatic rings. The van der Waals surface area contributed by atoms with E-state index in [2.05, 4.69) is 5.32 Å². The van der Waals surface area contributed by atoms with E-state index in [1.54, 1.807) is 60.7 Å². The number of carbonyl (C=O) groups excluding carboxylic acids is 3. The van der Waals surface area contributed by atoms with Gasteiger partial charge in [-0.3, -0.25) is 14.9 Å². The first-order valence-corrected chi connectivity index (χ1v) is 12.5. The number of aryl methyl sites for hydroxylation is 1. The van der Waals surface area contributed by atoms with Crippen LogP contribution in [0.5, 0.6) is 11.5 Å². The molecule has 4 aromatic carbocycles. The van der Waals surface area contributed by atoms with Crippen LogP contribution in [0, 0.1) is 12.7 Å². The highest BCUT2D eigenvalue weighted by Gasteiger charge is 2.37. The zero-order chi connectivity index (χ0) is 28.1. The van der Waals surface area contributed by atoms with Gasteiger partial charge in [0.05, 0.1) is 5.69 Å². The first kappa shape index (κ1) is 26.4. The van der Waals surface area contributed by atoms with Gasteiger partial charge in [0.25, 0.3) is 11.8 Å². The molecule has 0 saturated carbocycles. The van der Waals surface area contributed by atoms with E-state index in [0.717, 1.165) is 21.6 Å². The number of carbonyl (C=O) groups is 3. The zero-order valence-corrected chi connectivity index (χ0v) is 21.6. The first-order valence-electron chi connectivity index (χ1n) is 12.5. The number of anilines is 1. The number of benzene rings is 4. The maximum absolute atomic E-state index is 13.4. The summed E-state index contributed by atoms with van der Waals surface area (Å²) in [7, 11) is 0. The summed E-state index contributed by atoms with van der Waals surface area (Å²) in [6, 6.07) is 26.4. The van der Waals surface area contributed by atoms with Crippen molar-refractivity contribution in [1.29, 1.82) is 0 Å². The summed E-state index contributed by atoms with van der Waals surface area (Å²) >= 11 is 0. The third-order valence-electron chi connectivity index (χ3n) is 6.25. The smallest absolute Gasteiger partial charge is 0.335 e. The number of nitrogens with zero attached hydrogens (tertiary/aromatic N) is 1. The van der Waals surface area contributed by atoms with Gasteiger partial charge in [-0.1, -0.05) is 60.2 Å². The van der Waals surface area contributed by atoms with E-state index in [1.165, 1.54) is 18.2 Å². The Morgan fingerprint density at radius 1 is 0.775 bits per heavy atom. The van der Waals surface area contributed by atoms with Crippen LogP contribution >= 0.6 is 0 Å². The average molecular weight is 537 g/mol. The van der Waals surface area contributed by atoms with Gasteiger partial charge < -0.3 is 9.47 Å². The fourth-order valence-corrected chi connectivity index (χ4v) is 4.06. The number of hydrogen-bond acceptors (Lipinski definition) is 5. The number of amides is 4. The van der Waals surface area contributed by atoms with Gasteiger partial charge >= 0.3 is 6.03 Å². The Bertz CT molecular complexity index is 1580. The van der Waals surface area contributed by atoms with E-state index in [-0.39, 0.29) is 23.7 Å². The molecule has 40 heavy (non-hydrogen) atoms. The number of nitrogens with one attached hydrogen (secondary N) is 1. The second-order valence-electron chi connectivity index (χ2n) is 9.18. The fraction of sp³-hybridized carbons (Fsp3) is 0.0938. The topological polar surface area (TPSA) is 84.9 Å². The highest BCUT2D eigenvalue weighted by Crippen LogP contribution is 2.27. The highest BCUT2D eigenvalue weighted by atomic mass is 19.1. The molecule has 5 rings (SSSR count). The number of urea groups is 1. The van der Waals surface area contributed by atoms with Crippen LogP contribution in [-0.2, 0) is 22.8 Å². The van der Waals surface area contributed by atoms with Crippen molar-refractivity contribution >= 4 is 29.6 Å². The molecule has 1 aliphatic heterocycles. The van der Waals surface area contributed by atoms with Crippen LogP contribution in [0.15, 0.2) is 103 Å². The van der Waals surface area contributed by atoms with Crippen molar-refractivity contribution in [2.24, 2.45) is 0 Å². The van der Waals surface area contributed by atoms with Crippen LogP contribution in [-0.4, -0.2) is 17.8 Å². The highest BCUT2D eigenvalue weighted by molar-refractivity contribution is 6.39. The summed E-state index contributed by atoms with van der Waals surface area (Å²) in [5, 5.41) is 2.23. The summed E-state index contributed by atoms with van der Waals surface area (Å²) < 4.78 is 24.9. The van der Waals surface area contributed by atoms with Crippen LogP contribution in [0.1, 0.15) is 22.3 Å². The molecule has 0 radical (unpaired) electrons. The molecule has 8 heteroatoms. The molecule has 1 heterocycles. The van der Waals surface area contributed by atoms with Crippen LogP contribution in [0.2, 0.25) is 0 Å². The number of para-hydroxylation sites is 1. The second-order valence-corrected chi connectivity index (χ2v) is 9.18. The number of ether oxygens (including phenoxy) is 2. The maximum Gasteiger partial charge on any atom is 0.335 e. The lowest BCUT2D eigenvalue weighted by Crippen LogP contribution is -2.54. The Labute approximate surface area is 230 Å². The molecule has 7 nitrogen and oxygen atoms in total. The lowest BCUT2D eigenvalue weighted by Gasteiger charge is -2.26. The minimum Gasteiger partial charge on any atom is -0.489 e. The average Bonchev–Trinajstić information content (AvgIpc) is 2.96. The van der Waals surface area contributed by atoms with Crippen LogP contribution in [0.3, 0.4) is 0 Å². The molecule has 1 fully saturated rings. The Morgan fingerprint density at radius 2 is 1.40 bits per heavy atom. The third-order valence-corrected chi connectivity index (χ3v) is 6.25. The number of rotatable bonds is 8. The van der Waals surface area contributed by atoms with Gasteiger partial charge in [-0.05, 0) is 66.6 Å². The Morgan fingerprint density at radius 3 is 2.10 bits per heavy atom.